The van der Waals surface area contributed by atoms with Crippen LogP contribution in [-0.4, -0.2) is 20.7 Å². The number of fused-ring (bicyclic) bond motifs is 1. The van der Waals surface area contributed by atoms with Crippen molar-refractivity contribution >= 4 is 33.1 Å². The van der Waals surface area contributed by atoms with Crippen molar-refractivity contribution in [2.45, 2.75) is 53.2 Å². The Bertz CT molecular complexity index is 1270. The molecule has 0 aliphatic carbocycles. The van der Waals surface area contributed by atoms with Crippen molar-refractivity contribution in [3.05, 3.63) is 87.9 Å². The number of hydrogen-bond donors (Lipinski definition) is 0. The van der Waals surface area contributed by atoms with Gasteiger partial charge in [-0.15, -0.1) is 0 Å². The Labute approximate surface area is 214 Å². The van der Waals surface area contributed by atoms with Crippen molar-refractivity contribution in [3.63, 3.8) is 0 Å². The quantitative estimate of drug-likeness (QED) is 0.243. The van der Waals surface area contributed by atoms with Gasteiger partial charge in [-0.2, -0.15) is 9.59 Å². The molecule has 6 nitrogen and oxygen atoms in total. The monoisotopic (exact) mass is 535 g/mol. The standard InChI is InChI=1S/C27H30BrN3O.CO2/c1-4-20(5-2)14-27-30-25-12-11-24(32-18-23-10-9-19(3)16-29-23)15-26(25)31(27)17-21-7-6-8-22(28)13-21;2-1-3/h6-13,15-16,20H,4-5,14,17-18H2,1-3H3;. The average Bonchev–Trinajstić information content (AvgIpc) is 3.18. The van der Waals surface area contributed by atoms with Crippen molar-refractivity contribution in [3.8, 4) is 5.75 Å². The third-order valence-electron chi connectivity index (χ3n) is 6.01. The molecule has 35 heavy (non-hydrogen) atoms. The van der Waals surface area contributed by atoms with E-state index in [1.807, 2.05) is 25.3 Å². The predicted octanol–water partition coefficient (Wildman–Crippen LogP) is 6.52. The summed E-state index contributed by atoms with van der Waals surface area (Å²) in [6.07, 6.45) is 5.43. The van der Waals surface area contributed by atoms with Crippen molar-refractivity contribution < 1.29 is 14.3 Å². The smallest absolute Gasteiger partial charge is 0.373 e. The molecule has 0 aliphatic rings. The molecule has 4 rings (SSSR count). The van der Waals surface area contributed by atoms with Gasteiger partial charge in [-0.3, -0.25) is 4.98 Å². The maximum Gasteiger partial charge on any atom is 0.373 e. The van der Waals surface area contributed by atoms with Crippen LogP contribution in [0, 0.1) is 12.8 Å². The molecule has 0 radical (unpaired) electrons. The van der Waals surface area contributed by atoms with E-state index < -0.39 is 0 Å². The third kappa shape index (κ3) is 7.35. The summed E-state index contributed by atoms with van der Waals surface area (Å²) in [4.78, 5) is 25.7. The molecule has 0 unspecified atom stereocenters. The number of aromatic nitrogens is 3. The average molecular weight is 536 g/mol. The van der Waals surface area contributed by atoms with E-state index in [4.69, 9.17) is 19.3 Å². The lowest BCUT2D eigenvalue weighted by Crippen LogP contribution is -2.10. The Kier molecular flexibility index (Phi) is 9.76. The molecular weight excluding hydrogens is 506 g/mol. The van der Waals surface area contributed by atoms with Gasteiger partial charge in [0.2, 0.25) is 0 Å². The number of carbonyl (C=O) groups excluding carboxylic acids is 2. The van der Waals surface area contributed by atoms with Crippen LogP contribution in [0.15, 0.2) is 65.3 Å². The minimum absolute atomic E-state index is 0.250. The highest BCUT2D eigenvalue weighted by molar-refractivity contribution is 9.10. The highest BCUT2D eigenvalue weighted by Crippen LogP contribution is 2.27. The summed E-state index contributed by atoms with van der Waals surface area (Å²) in [5.41, 5.74) is 5.45. The first kappa shape index (κ1) is 26.3. The largest absolute Gasteiger partial charge is 0.487 e. The molecule has 2 aromatic carbocycles. The summed E-state index contributed by atoms with van der Waals surface area (Å²) in [5.74, 6) is 2.62. The topological polar surface area (TPSA) is 74.1 Å². The molecule has 7 heteroatoms. The van der Waals surface area contributed by atoms with E-state index in [0.717, 1.165) is 64.1 Å². The van der Waals surface area contributed by atoms with Gasteiger partial charge in [0.1, 0.15) is 18.2 Å². The number of aryl methyl sites for hydroxylation is 1. The van der Waals surface area contributed by atoms with Crippen LogP contribution in [0.4, 0.5) is 0 Å². The maximum atomic E-state index is 8.12. The zero-order valence-corrected chi connectivity index (χ0v) is 21.9. The normalized spacial score (nSPS) is 10.7. The summed E-state index contributed by atoms with van der Waals surface area (Å²) < 4.78 is 9.53. The number of benzene rings is 2. The van der Waals surface area contributed by atoms with Gasteiger partial charge in [-0.05, 0) is 54.3 Å². The first-order chi connectivity index (χ1) is 17.0. The van der Waals surface area contributed by atoms with Crippen LogP contribution in [0.5, 0.6) is 5.75 Å². The molecule has 0 bridgehead atoms. The van der Waals surface area contributed by atoms with Crippen molar-refractivity contribution in [2.75, 3.05) is 0 Å². The van der Waals surface area contributed by atoms with Gasteiger partial charge in [-0.25, -0.2) is 4.98 Å². The van der Waals surface area contributed by atoms with E-state index >= 15 is 0 Å². The molecule has 2 aromatic heterocycles. The minimum Gasteiger partial charge on any atom is -0.487 e. The van der Waals surface area contributed by atoms with Gasteiger partial charge in [0.25, 0.3) is 0 Å². The van der Waals surface area contributed by atoms with Crippen LogP contribution in [0.3, 0.4) is 0 Å². The predicted molar refractivity (Wildman–Crippen MR) is 139 cm³/mol. The van der Waals surface area contributed by atoms with Gasteiger partial charge >= 0.3 is 6.15 Å². The van der Waals surface area contributed by atoms with Crippen molar-refractivity contribution in [1.82, 2.24) is 14.5 Å². The fraction of sp³-hybridized carbons (Fsp3) is 0.321. The maximum absolute atomic E-state index is 8.12. The Morgan fingerprint density at radius 1 is 1.06 bits per heavy atom. The molecule has 0 saturated heterocycles. The number of nitrogens with zero attached hydrogens (tertiary/aromatic N) is 3. The van der Waals surface area contributed by atoms with E-state index in [0.29, 0.717) is 12.5 Å². The lowest BCUT2D eigenvalue weighted by Gasteiger charge is -2.15. The molecule has 0 spiro atoms. The molecular formula is C28H30BrN3O3. The third-order valence-corrected chi connectivity index (χ3v) is 6.51. The lowest BCUT2D eigenvalue weighted by molar-refractivity contribution is -0.191. The number of ether oxygens (including phenoxy) is 1. The number of hydrogen-bond acceptors (Lipinski definition) is 5. The molecule has 0 atom stereocenters. The molecule has 4 aromatic rings. The Hall–Kier alpha value is -3.28. The van der Waals surface area contributed by atoms with Crippen LogP contribution in [0.25, 0.3) is 11.0 Å². The Morgan fingerprint density at radius 3 is 2.49 bits per heavy atom. The molecule has 182 valence electrons. The van der Waals surface area contributed by atoms with Gasteiger partial charge < -0.3 is 9.30 Å². The van der Waals surface area contributed by atoms with E-state index in [2.05, 4.69) is 81.8 Å². The Morgan fingerprint density at radius 2 is 1.83 bits per heavy atom. The van der Waals surface area contributed by atoms with Crippen LogP contribution in [0.1, 0.15) is 49.3 Å². The van der Waals surface area contributed by atoms with E-state index in [1.54, 1.807) is 0 Å². The lowest BCUT2D eigenvalue weighted by atomic mass is 9.99. The summed E-state index contributed by atoms with van der Waals surface area (Å²) in [5, 5.41) is 0. The SMILES string of the molecule is CCC(CC)Cc1nc2ccc(OCc3ccc(C)cn3)cc2n1Cc1cccc(Br)c1.O=C=O. The summed E-state index contributed by atoms with van der Waals surface area (Å²) in [7, 11) is 0. The fourth-order valence-electron chi connectivity index (χ4n) is 3.97. The second kappa shape index (κ2) is 13.0. The second-order valence-corrected chi connectivity index (χ2v) is 9.40. The molecule has 0 amide bonds. The number of rotatable bonds is 9. The van der Waals surface area contributed by atoms with Crippen molar-refractivity contribution in [2.24, 2.45) is 5.92 Å². The van der Waals surface area contributed by atoms with Crippen molar-refractivity contribution in [1.29, 1.82) is 0 Å². The second-order valence-electron chi connectivity index (χ2n) is 8.48. The molecule has 0 aliphatic heterocycles. The molecule has 2 heterocycles. The Balaban J connectivity index is 0.00000108. The van der Waals surface area contributed by atoms with Gasteiger partial charge in [0.15, 0.2) is 0 Å². The van der Waals surface area contributed by atoms with Crippen LogP contribution < -0.4 is 4.74 Å². The molecule has 0 fully saturated rings. The first-order valence-corrected chi connectivity index (χ1v) is 12.5. The van der Waals surface area contributed by atoms with Crippen LogP contribution in [-0.2, 0) is 29.2 Å². The van der Waals surface area contributed by atoms with Gasteiger partial charge in [0, 0.05) is 29.7 Å². The first-order valence-electron chi connectivity index (χ1n) is 11.7. The van der Waals surface area contributed by atoms with E-state index in [1.165, 1.54) is 5.56 Å². The van der Waals surface area contributed by atoms with Crippen LogP contribution >= 0.6 is 15.9 Å². The summed E-state index contributed by atoms with van der Waals surface area (Å²) in [6, 6.07) is 18.8. The van der Waals surface area contributed by atoms with Crippen LogP contribution in [0.2, 0.25) is 0 Å². The van der Waals surface area contributed by atoms with Gasteiger partial charge in [-0.1, -0.05) is 60.8 Å². The number of pyridine rings is 1. The number of halogens is 1. The molecule has 0 N–H and O–H groups in total. The van der Waals surface area contributed by atoms with E-state index in [9.17, 15) is 0 Å². The highest BCUT2D eigenvalue weighted by Gasteiger charge is 2.16. The fourth-order valence-corrected chi connectivity index (χ4v) is 4.42. The summed E-state index contributed by atoms with van der Waals surface area (Å²) >= 11 is 3.61. The zero-order chi connectivity index (χ0) is 25.2. The van der Waals surface area contributed by atoms with E-state index in [-0.39, 0.29) is 6.15 Å². The van der Waals surface area contributed by atoms with Gasteiger partial charge in [0.05, 0.1) is 16.7 Å². The highest BCUT2D eigenvalue weighted by atomic mass is 79.9. The molecule has 0 saturated carbocycles. The summed E-state index contributed by atoms with van der Waals surface area (Å²) in [6.45, 7) is 7.80. The number of imidazole rings is 1. The zero-order valence-electron chi connectivity index (χ0n) is 20.3. The minimum atomic E-state index is 0.250.